The van der Waals surface area contributed by atoms with E-state index in [2.05, 4.69) is 15.6 Å². The lowest BCUT2D eigenvalue weighted by atomic mass is 10.0. The van der Waals surface area contributed by atoms with Gasteiger partial charge in [0.1, 0.15) is 17.5 Å². The van der Waals surface area contributed by atoms with Gasteiger partial charge in [0, 0.05) is 36.6 Å². The highest BCUT2D eigenvalue weighted by atomic mass is 16.5. The lowest BCUT2D eigenvalue weighted by molar-refractivity contribution is -0.142. The number of nitrogens with two attached hydrogens (primary N) is 1. The predicted octanol–water partition coefficient (Wildman–Crippen LogP) is 3.46. The van der Waals surface area contributed by atoms with Gasteiger partial charge in [-0.05, 0) is 61.5 Å². The molecule has 0 spiro atoms. The van der Waals surface area contributed by atoms with Gasteiger partial charge < -0.3 is 25.7 Å². The third-order valence-electron chi connectivity index (χ3n) is 5.86. The number of aryl methyl sites for hydroxylation is 1. The third kappa shape index (κ3) is 5.92. The number of nitrogens with zero attached hydrogens (tertiary/aromatic N) is 3. The van der Waals surface area contributed by atoms with Crippen LogP contribution in [0.25, 0.3) is 11.0 Å². The lowest BCUT2D eigenvalue weighted by Gasteiger charge is -2.10. The van der Waals surface area contributed by atoms with Crippen LogP contribution in [0.1, 0.15) is 40.7 Å². The number of benzene rings is 2. The summed E-state index contributed by atoms with van der Waals surface area (Å²) in [5, 5.41) is 13.9. The van der Waals surface area contributed by atoms with E-state index >= 15 is 0 Å². The summed E-state index contributed by atoms with van der Waals surface area (Å²) in [6.45, 7) is 2.87. The number of carbonyl (C=O) groups excluding carboxylic acids is 2. The Morgan fingerprint density at radius 1 is 1.08 bits per heavy atom. The van der Waals surface area contributed by atoms with Crippen molar-refractivity contribution in [2.75, 3.05) is 23.8 Å². The summed E-state index contributed by atoms with van der Waals surface area (Å²) < 4.78 is 6.92. The van der Waals surface area contributed by atoms with Crippen molar-refractivity contribution in [3.8, 4) is 0 Å². The van der Waals surface area contributed by atoms with Gasteiger partial charge in [0.2, 0.25) is 0 Å². The van der Waals surface area contributed by atoms with Crippen LogP contribution in [0, 0.1) is 5.41 Å². The fourth-order valence-corrected chi connectivity index (χ4v) is 3.90. The number of esters is 1. The quantitative estimate of drug-likeness (QED) is 0.106. The summed E-state index contributed by atoms with van der Waals surface area (Å²) in [6, 6.07) is 16.1. The zero-order valence-electron chi connectivity index (χ0n) is 20.7. The molecule has 37 heavy (non-hydrogen) atoms. The molecule has 0 amide bonds. The van der Waals surface area contributed by atoms with Gasteiger partial charge in [-0.25, -0.2) is 9.97 Å². The molecule has 0 aliphatic heterocycles. The van der Waals surface area contributed by atoms with E-state index in [1.54, 1.807) is 49.5 Å². The van der Waals surface area contributed by atoms with Crippen LogP contribution in [0.3, 0.4) is 0 Å². The summed E-state index contributed by atoms with van der Waals surface area (Å²) >= 11 is 0. The second kappa shape index (κ2) is 11.3. The molecule has 2 heterocycles. The molecule has 10 nitrogen and oxygen atoms in total. The van der Waals surface area contributed by atoms with Crippen molar-refractivity contribution in [1.29, 1.82) is 5.41 Å². The van der Waals surface area contributed by atoms with Crippen LogP contribution in [-0.4, -0.2) is 45.3 Å². The van der Waals surface area contributed by atoms with Gasteiger partial charge in [0.25, 0.3) is 0 Å². The average molecular weight is 500 g/mol. The van der Waals surface area contributed by atoms with Crippen LogP contribution in [0.4, 0.5) is 11.5 Å². The van der Waals surface area contributed by atoms with E-state index in [4.69, 9.17) is 20.9 Å². The summed E-state index contributed by atoms with van der Waals surface area (Å²) in [5.74, 6) is 0.747. The number of hydrogen-bond donors (Lipinski definition) is 4. The van der Waals surface area contributed by atoms with Crippen molar-refractivity contribution in [2.45, 2.75) is 19.9 Å². The number of amidine groups is 1. The molecule has 0 radical (unpaired) electrons. The number of nitrogen functional groups attached to an aromatic ring is 1. The van der Waals surface area contributed by atoms with Gasteiger partial charge in [0.05, 0.1) is 36.2 Å². The Morgan fingerprint density at radius 2 is 1.84 bits per heavy atom. The number of hydrogen-bond acceptors (Lipinski definition) is 8. The summed E-state index contributed by atoms with van der Waals surface area (Å²) in [5.41, 5.74) is 9.57. The van der Waals surface area contributed by atoms with Crippen molar-refractivity contribution in [3.05, 3.63) is 83.3 Å². The Bertz CT molecular complexity index is 1440. The highest BCUT2D eigenvalue weighted by Gasteiger charge is 2.17. The predicted molar refractivity (Wildman–Crippen MR) is 143 cm³/mol. The molecule has 4 aromatic rings. The number of anilines is 2. The monoisotopic (exact) mass is 499 g/mol. The van der Waals surface area contributed by atoms with Crippen LogP contribution < -0.4 is 16.4 Å². The van der Waals surface area contributed by atoms with Crippen LogP contribution in [0.5, 0.6) is 0 Å². The zero-order valence-corrected chi connectivity index (χ0v) is 20.7. The van der Waals surface area contributed by atoms with Crippen LogP contribution in [0.15, 0.2) is 60.8 Å². The number of carbonyl (C=O) groups is 2. The molecule has 0 saturated carbocycles. The molecule has 190 valence electrons. The Morgan fingerprint density at radius 3 is 2.57 bits per heavy atom. The molecular formula is C27H29N7O3. The fourth-order valence-electron chi connectivity index (χ4n) is 3.90. The van der Waals surface area contributed by atoms with Crippen LogP contribution in [-0.2, 0) is 23.1 Å². The van der Waals surface area contributed by atoms with Crippen LogP contribution >= 0.6 is 0 Å². The zero-order chi connectivity index (χ0) is 26.4. The summed E-state index contributed by atoms with van der Waals surface area (Å²) in [6.07, 6.45) is 1.77. The van der Waals surface area contributed by atoms with E-state index in [1.165, 1.54) is 0 Å². The Labute approximate surface area is 214 Å². The molecule has 2 aromatic carbocycles. The maximum Gasteiger partial charge on any atom is 0.307 e. The molecule has 0 unspecified atom stereocenters. The van der Waals surface area contributed by atoms with E-state index in [0.717, 1.165) is 17.0 Å². The minimum absolute atomic E-state index is 0.0260. The van der Waals surface area contributed by atoms with Crippen molar-refractivity contribution in [2.24, 2.45) is 12.8 Å². The number of aromatic nitrogens is 3. The Hall–Kier alpha value is -4.73. The standard InChI is InChI=1S/C27H29N7O3/c1-3-37-24(35)12-14-31-27-20(5-4-13-30-27)25(36)18-8-11-22-21(15-18)33-23(34(22)2)16-32-19-9-6-17(7-10-19)26(28)29/h4-11,13,15,32H,3,12,14,16H2,1-2H3,(H3,28,29)(H,30,31). The largest absolute Gasteiger partial charge is 0.466 e. The molecule has 0 aliphatic rings. The first-order valence-electron chi connectivity index (χ1n) is 11.9. The SMILES string of the molecule is CCOC(=O)CCNc1ncccc1C(=O)c1ccc2c(c1)nc(CNc1ccc(C(=N)N)cc1)n2C. The molecule has 2 aromatic heterocycles. The highest BCUT2D eigenvalue weighted by molar-refractivity contribution is 6.13. The Kier molecular flexibility index (Phi) is 7.77. The minimum atomic E-state index is -0.308. The van der Waals surface area contributed by atoms with Crippen molar-refractivity contribution >= 4 is 40.1 Å². The fraction of sp³-hybridized carbons (Fsp3) is 0.222. The molecule has 0 saturated heterocycles. The lowest BCUT2D eigenvalue weighted by Crippen LogP contribution is -2.14. The number of ether oxygens (including phenoxy) is 1. The highest BCUT2D eigenvalue weighted by Crippen LogP contribution is 2.22. The Balaban J connectivity index is 1.49. The number of nitrogens with one attached hydrogen (secondary N) is 3. The van der Waals surface area contributed by atoms with Gasteiger partial charge in [-0.15, -0.1) is 0 Å². The van der Waals surface area contributed by atoms with Crippen molar-refractivity contribution in [3.63, 3.8) is 0 Å². The van der Waals surface area contributed by atoms with Gasteiger partial charge >= 0.3 is 5.97 Å². The molecular weight excluding hydrogens is 470 g/mol. The van der Waals surface area contributed by atoms with E-state index in [0.29, 0.717) is 47.7 Å². The molecule has 5 N–H and O–H groups in total. The average Bonchev–Trinajstić information content (AvgIpc) is 3.22. The first kappa shape index (κ1) is 25.4. The maximum atomic E-state index is 13.3. The molecule has 0 atom stereocenters. The van der Waals surface area contributed by atoms with E-state index in [-0.39, 0.29) is 24.0 Å². The normalized spacial score (nSPS) is 10.8. The molecule has 0 bridgehead atoms. The maximum absolute atomic E-state index is 13.3. The molecule has 0 aliphatic carbocycles. The molecule has 0 fully saturated rings. The second-order valence-corrected chi connectivity index (χ2v) is 8.35. The van der Waals surface area contributed by atoms with Gasteiger partial charge in [0.15, 0.2) is 5.78 Å². The van der Waals surface area contributed by atoms with Crippen LogP contribution in [0.2, 0.25) is 0 Å². The number of ketones is 1. The van der Waals surface area contributed by atoms with Gasteiger partial charge in [-0.1, -0.05) is 0 Å². The van der Waals surface area contributed by atoms with E-state index < -0.39 is 0 Å². The number of fused-ring (bicyclic) bond motifs is 1. The van der Waals surface area contributed by atoms with Gasteiger partial charge in [-0.3, -0.25) is 15.0 Å². The smallest absolute Gasteiger partial charge is 0.307 e. The molecule has 10 heteroatoms. The number of rotatable bonds is 11. The number of pyridine rings is 1. The third-order valence-corrected chi connectivity index (χ3v) is 5.86. The molecule has 4 rings (SSSR count). The van der Waals surface area contributed by atoms with E-state index in [1.807, 2.05) is 29.8 Å². The van der Waals surface area contributed by atoms with Crippen molar-refractivity contribution < 1.29 is 14.3 Å². The first-order chi connectivity index (χ1) is 17.9. The second-order valence-electron chi connectivity index (χ2n) is 8.35. The summed E-state index contributed by atoms with van der Waals surface area (Å²) in [7, 11) is 1.93. The van der Waals surface area contributed by atoms with E-state index in [9.17, 15) is 9.59 Å². The number of imidazole rings is 1. The van der Waals surface area contributed by atoms with Gasteiger partial charge in [-0.2, -0.15) is 0 Å². The van der Waals surface area contributed by atoms with Crippen molar-refractivity contribution in [1.82, 2.24) is 14.5 Å². The minimum Gasteiger partial charge on any atom is -0.466 e. The topological polar surface area (TPSA) is 148 Å². The summed E-state index contributed by atoms with van der Waals surface area (Å²) in [4.78, 5) is 34.0. The first-order valence-corrected chi connectivity index (χ1v) is 11.9.